The second-order valence-electron chi connectivity index (χ2n) is 4.07. The topological polar surface area (TPSA) is 84.0 Å². The summed E-state index contributed by atoms with van der Waals surface area (Å²) in [4.78, 5) is 0. The van der Waals surface area contributed by atoms with Crippen LogP contribution in [0, 0.1) is 11.3 Å². The van der Waals surface area contributed by atoms with Crippen LogP contribution < -0.4 is 0 Å². The SMILES string of the molecule is COCCc1c(CC#N)nnn1CCCCCO. The molecule has 6 nitrogen and oxygen atoms in total. The molecular formula is C12H20N4O2. The van der Waals surface area contributed by atoms with Crippen molar-refractivity contribution in [1.82, 2.24) is 15.0 Å². The molecule has 0 aliphatic carbocycles. The average Bonchev–Trinajstić information content (AvgIpc) is 2.75. The fourth-order valence-corrected chi connectivity index (χ4v) is 1.78. The Balaban J connectivity index is 2.61. The maximum absolute atomic E-state index is 8.74. The van der Waals surface area contributed by atoms with Crippen molar-refractivity contribution in [2.45, 2.75) is 38.6 Å². The van der Waals surface area contributed by atoms with Crippen molar-refractivity contribution in [2.24, 2.45) is 0 Å². The molecule has 0 fully saturated rings. The van der Waals surface area contributed by atoms with E-state index in [0.717, 1.165) is 43.6 Å². The molecule has 100 valence electrons. The summed E-state index contributed by atoms with van der Waals surface area (Å²) in [7, 11) is 1.65. The van der Waals surface area contributed by atoms with E-state index in [9.17, 15) is 0 Å². The van der Waals surface area contributed by atoms with E-state index in [1.165, 1.54) is 0 Å². The van der Waals surface area contributed by atoms with Crippen molar-refractivity contribution in [2.75, 3.05) is 20.3 Å². The van der Waals surface area contributed by atoms with Crippen LogP contribution in [0.25, 0.3) is 0 Å². The summed E-state index contributed by atoms with van der Waals surface area (Å²) in [5, 5.41) is 25.6. The molecule has 0 saturated heterocycles. The highest BCUT2D eigenvalue weighted by molar-refractivity contribution is 5.14. The largest absolute Gasteiger partial charge is 0.396 e. The average molecular weight is 252 g/mol. The number of ether oxygens (including phenoxy) is 1. The van der Waals surface area contributed by atoms with Gasteiger partial charge in [0.2, 0.25) is 0 Å². The Morgan fingerprint density at radius 3 is 2.89 bits per heavy atom. The molecule has 1 aromatic rings. The lowest BCUT2D eigenvalue weighted by molar-refractivity contribution is 0.200. The molecule has 0 amide bonds. The quantitative estimate of drug-likeness (QED) is 0.654. The lowest BCUT2D eigenvalue weighted by atomic mass is 10.2. The molecule has 6 heteroatoms. The number of aliphatic hydroxyl groups is 1. The second-order valence-corrected chi connectivity index (χ2v) is 4.07. The molecular weight excluding hydrogens is 232 g/mol. The molecule has 0 spiro atoms. The van der Waals surface area contributed by atoms with Crippen LogP contribution in [0.5, 0.6) is 0 Å². The molecule has 0 aliphatic rings. The number of nitrogens with zero attached hydrogens (tertiary/aromatic N) is 4. The minimum atomic E-state index is 0.230. The number of aliphatic hydroxyl groups excluding tert-OH is 1. The van der Waals surface area contributed by atoms with Crippen LogP contribution in [-0.2, 0) is 24.1 Å². The molecule has 18 heavy (non-hydrogen) atoms. The lowest BCUT2D eigenvalue weighted by Crippen LogP contribution is -2.09. The zero-order valence-electron chi connectivity index (χ0n) is 10.8. The summed E-state index contributed by atoms with van der Waals surface area (Å²) >= 11 is 0. The van der Waals surface area contributed by atoms with Gasteiger partial charge >= 0.3 is 0 Å². The molecule has 0 aliphatic heterocycles. The van der Waals surface area contributed by atoms with Crippen LogP contribution in [0.2, 0.25) is 0 Å². The van der Waals surface area contributed by atoms with Crippen molar-refractivity contribution >= 4 is 0 Å². The first kappa shape index (κ1) is 14.6. The van der Waals surface area contributed by atoms with Crippen LogP contribution in [-0.4, -0.2) is 40.4 Å². The van der Waals surface area contributed by atoms with Crippen LogP contribution in [0.4, 0.5) is 0 Å². The minimum absolute atomic E-state index is 0.230. The highest BCUT2D eigenvalue weighted by Crippen LogP contribution is 2.09. The molecule has 0 atom stereocenters. The summed E-state index contributed by atoms with van der Waals surface area (Å²) in [5.41, 5.74) is 1.74. The molecule has 1 rings (SSSR count). The minimum Gasteiger partial charge on any atom is -0.396 e. The number of hydrogen-bond acceptors (Lipinski definition) is 5. The summed E-state index contributed by atoms with van der Waals surface area (Å²) in [6.07, 6.45) is 3.74. The second kappa shape index (κ2) is 8.61. The van der Waals surface area contributed by atoms with Gasteiger partial charge in [-0.15, -0.1) is 5.10 Å². The molecule has 0 saturated carbocycles. The Morgan fingerprint density at radius 2 is 2.22 bits per heavy atom. The van der Waals surface area contributed by atoms with Gasteiger partial charge in [-0.05, 0) is 19.3 Å². The van der Waals surface area contributed by atoms with Crippen LogP contribution in [0.1, 0.15) is 30.7 Å². The molecule has 1 aromatic heterocycles. The van der Waals surface area contributed by atoms with E-state index in [-0.39, 0.29) is 13.0 Å². The Morgan fingerprint density at radius 1 is 1.39 bits per heavy atom. The highest BCUT2D eigenvalue weighted by Gasteiger charge is 2.11. The van der Waals surface area contributed by atoms with E-state index < -0.39 is 0 Å². The monoisotopic (exact) mass is 252 g/mol. The van der Waals surface area contributed by atoms with Crippen LogP contribution in [0.15, 0.2) is 0 Å². The highest BCUT2D eigenvalue weighted by atomic mass is 16.5. The standard InChI is InChI=1S/C12H20N4O2/c1-18-10-6-12-11(5-7-13)14-15-16(12)8-3-2-4-9-17/h17H,2-6,8-10H2,1H3. The van der Waals surface area contributed by atoms with E-state index in [0.29, 0.717) is 6.61 Å². The van der Waals surface area contributed by atoms with Gasteiger partial charge in [-0.25, -0.2) is 4.68 Å². The van der Waals surface area contributed by atoms with Gasteiger partial charge in [0.1, 0.15) is 5.69 Å². The Bertz CT molecular complexity index is 384. The van der Waals surface area contributed by atoms with Gasteiger partial charge in [0, 0.05) is 26.7 Å². The molecule has 1 N–H and O–H groups in total. The third kappa shape index (κ3) is 4.43. The predicted molar refractivity (Wildman–Crippen MR) is 65.9 cm³/mol. The number of hydrogen-bond donors (Lipinski definition) is 1. The maximum atomic E-state index is 8.74. The summed E-state index contributed by atoms with van der Waals surface area (Å²) in [6, 6.07) is 2.10. The predicted octanol–water partition coefficient (Wildman–Crippen LogP) is 0.696. The fourth-order valence-electron chi connectivity index (χ4n) is 1.78. The third-order valence-corrected chi connectivity index (χ3v) is 2.74. The Hall–Kier alpha value is -1.45. The number of nitriles is 1. The van der Waals surface area contributed by atoms with Crippen molar-refractivity contribution in [3.8, 4) is 6.07 Å². The van der Waals surface area contributed by atoms with E-state index >= 15 is 0 Å². The van der Waals surface area contributed by atoms with E-state index in [4.69, 9.17) is 15.1 Å². The Labute approximate surface area is 107 Å². The van der Waals surface area contributed by atoms with E-state index in [2.05, 4.69) is 16.4 Å². The number of rotatable bonds is 9. The smallest absolute Gasteiger partial charge is 0.100 e. The molecule has 0 unspecified atom stereocenters. The summed E-state index contributed by atoms with van der Waals surface area (Å²) in [5.74, 6) is 0. The first-order valence-electron chi connectivity index (χ1n) is 6.21. The third-order valence-electron chi connectivity index (χ3n) is 2.74. The van der Waals surface area contributed by atoms with E-state index in [1.807, 2.05) is 4.68 Å². The molecule has 0 bridgehead atoms. The molecule has 1 heterocycles. The summed E-state index contributed by atoms with van der Waals surface area (Å²) in [6.45, 7) is 1.60. The molecule has 0 aromatic carbocycles. The zero-order chi connectivity index (χ0) is 13.2. The number of methoxy groups -OCH3 is 1. The number of aromatic nitrogens is 3. The van der Waals surface area contributed by atoms with Crippen molar-refractivity contribution in [3.63, 3.8) is 0 Å². The normalized spacial score (nSPS) is 10.5. The van der Waals surface area contributed by atoms with Gasteiger partial charge in [-0.2, -0.15) is 5.26 Å². The van der Waals surface area contributed by atoms with Gasteiger partial charge in [0.15, 0.2) is 0 Å². The van der Waals surface area contributed by atoms with E-state index in [1.54, 1.807) is 7.11 Å². The number of aryl methyl sites for hydroxylation is 1. The van der Waals surface area contributed by atoms with Crippen LogP contribution in [0.3, 0.4) is 0 Å². The first-order valence-corrected chi connectivity index (χ1v) is 6.21. The van der Waals surface area contributed by atoms with Crippen molar-refractivity contribution in [1.29, 1.82) is 5.26 Å². The van der Waals surface area contributed by atoms with Gasteiger partial charge in [-0.3, -0.25) is 0 Å². The van der Waals surface area contributed by atoms with Crippen molar-refractivity contribution in [3.05, 3.63) is 11.4 Å². The zero-order valence-corrected chi connectivity index (χ0v) is 10.8. The van der Waals surface area contributed by atoms with Crippen LogP contribution >= 0.6 is 0 Å². The Kier molecular flexibility index (Phi) is 6.99. The molecule has 0 radical (unpaired) electrons. The lowest BCUT2D eigenvalue weighted by Gasteiger charge is -2.06. The maximum Gasteiger partial charge on any atom is 0.100 e. The van der Waals surface area contributed by atoms with Gasteiger partial charge in [-0.1, -0.05) is 5.21 Å². The summed E-state index contributed by atoms with van der Waals surface area (Å²) < 4.78 is 6.91. The van der Waals surface area contributed by atoms with Gasteiger partial charge in [0.05, 0.1) is 24.8 Å². The van der Waals surface area contributed by atoms with Gasteiger partial charge < -0.3 is 9.84 Å². The fraction of sp³-hybridized carbons (Fsp3) is 0.750. The van der Waals surface area contributed by atoms with Gasteiger partial charge in [0.25, 0.3) is 0 Å². The number of unbranched alkanes of at least 4 members (excludes halogenated alkanes) is 2. The first-order chi connectivity index (χ1) is 8.83. The van der Waals surface area contributed by atoms with Crippen molar-refractivity contribution < 1.29 is 9.84 Å².